The van der Waals surface area contributed by atoms with Gasteiger partial charge < -0.3 is 0 Å². The van der Waals surface area contributed by atoms with Gasteiger partial charge in [0.1, 0.15) is 15.1 Å². The van der Waals surface area contributed by atoms with Crippen molar-refractivity contribution in [2.45, 2.75) is 10.8 Å². The molecule has 0 unspecified atom stereocenters. The van der Waals surface area contributed by atoms with Crippen molar-refractivity contribution in [1.82, 2.24) is 19.6 Å². The number of thioether (sulfide) groups is 1. The van der Waals surface area contributed by atoms with Crippen LogP contribution in [0.2, 0.25) is 4.34 Å². The van der Waals surface area contributed by atoms with Crippen LogP contribution in [-0.2, 0) is 5.75 Å². The van der Waals surface area contributed by atoms with Gasteiger partial charge in [-0.25, -0.2) is 9.97 Å². The Morgan fingerprint density at radius 1 is 1.09 bits per heavy atom. The number of para-hydroxylation sites is 1. The summed E-state index contributed by atoms with van der Waals surface area (Å²) in [4.78, 5) is 10.5. The molecule has 0 radical (unpaired) electrons. The van der Waals surface area contributed by atoms with Crippen LogP contribution in [0.4, 0.5) is 0 Å². The van der Waals surface area contributed by atoms with E-state index in [1.165, 1.54) is 11.5 Å². The van der Waals surface area contributed by atoms with E-state index < -0.39 is 0 Å². The van der Waals surface area contributed by atoms with Crippen molar-refractivity contribution in [3.8, 4) is 10.7 Å². The van der Waals surface area contributed by atoms with Crippen LogP contribution in [0.3, 0.4) is 0 Å². The maximum atomic E-state index is 6.09. The number of fused-ring (bicyclic) bond motifs is 1. The smallest absolute Gasteiger partial charge is 0.171 e. The minimum absolute atomic E-state index is 0.634. The van der Waals surface area contributed by atoms with Crippen molar-refractivity contribution in [3.63, 3.8) is 0 Å². The fourth-order valence-corrected chi connectivity index (χ4v) is 4.50. The van der Waals surface area contributed by atoms with Gasteiger partial charge in [-0.15, -0.1) is 16.4 Å². The standard InChI is InChI=1S/C15H9ClN4S3/c16-13-11(19-20-23-13)8-22-15-9-4-1-2-5-10(9)17-14(18-15)12-6-3-7-21-12/h1-7H,8H2. The summed E-state index contributed by atoms with van der Waals surface area (Å²) in [6.07, 6.45) is 0. The molecule has 3 aromatic heterocycles. The van der Waals surface area contributed by atoms with Crippen LogP contribution in [0.15, 0.2) is 46.8 Å². The summed E-state index contributed by atoms with van der Waals surface area (Å²) in [5.74, 6) is 1.39. The Hall–Kier alpha value is -1.54. The Morgan fingerprint density at radius 2 is 2.00 bits per heavy atom. The van der Waals surface area contributed by atoms with E-state index in [2.05, 4.69) is 14.6 Å². The fraction of sp³-hybridized carbons (Fsp3) is 0.0667. The number of nitrogens with zero attached hydrogens (tertiary/aromatic N) is 4. The molecule has 0 aliphatic rings. The number of rotatable bonds is 4. The van der Waals surface area contributed by atoms with Gasteiger partial charge in [0.25, 0.3) is 0 Å². The molecule has 0 saturated heterocycles. The lowest BCUT2D eigenvalue weighted by molar-refractivity contribution is 1.07. The molecule has 0 aliphatic carbocycles. The molecule has 0 atom stereocenters. The lowest BCUT2D eigenvalue weighted by Crippen LogP contribution is -1.93. The van der Waals surface area contributed by atoms with Crippen LogP contribution in [0.5, 0.6) is 0 Å². The van der Waals surface area contributed by atoms with E-state index in [0.717, 1.165) is 32.3 Å². The third-order valence-electron chi connectivity index (χ3n) is 3.16. The number of hydrogen-bond donors (Lipinski definition) is 0. The van der Waals surface area contributed by atoms with E-state index in [0.29, 0.717) is 10.1 Å². The zero-order valence-electron chi connectivity index (χ0n) is 11.6. The molecule has 1 aromatic carbocycles. The fourth-order valence-electron chi connectivity index (χ4n) is 2.09. The number of benzene rings is 1. The van der Waals surface area contributed by atoms with Crippen LogP contribution in [0.25, 0.3) is 21.6 Å². The topological polar surface area (TPSA) is 51.6 Å². The molecule has 23 heavy (non-hydrogen) atoms. The largest absolute Gasteiger partial charge is 0.227 e. The van der Waals surface area contributed by atoms with Gasteiger partial charge in [-0.05, 0) is 17.5 Å². The summed E-state index contributed by atoms with van der Waals surface area (Å²) in [6, 6.07) is 12.1. The van der Waals surface area contributed by atoms with Crippen LogP contribution in [-0.4, -0.2) is 19.6 Å². The lowest BCUT2D eigenvalue weighted by Gasteiger charge is -2.07. The van der Waals surface area contributed by atoms with Gasteiger partial charge in [0, 0.05) is 22.7 Å². The van der Waals surface area contributed by atoms with Crippen LogP contribution in [0.1, 0.15) is 5.69 Å². The first-order chi connectivity index (χ1) is 11.3. The highest BCUT2D eigenvalue weighted by Gasteiger charge is 2.12. The molecule has 0 spiro atoms. The molecule has 4 rings (SSSR count). The molecule has 0 amide bonds. The van der Waals surface area contributed by atoms with Crippen molar-refractivity contribution in [3.05, 3.63) is 51.8 Å². The molecule has 8 heteroatoms. The van der Waals surface area contributed by atoms with E-state index in [1.54, 1.807) is 23.1 Å². The van der Waals surface area contributed by atoms with E-state index in [-0.39, 0.29) is 0 Å². The molecule has 114 valence electrons. The highest BCUT2D eigenvalue weighted by molar-refractivity contribution is 7.98. The second-order valence-electron chi connectivity index (χ2n) is 4.63. The van der Waals surface area contributed by atoms with Gasteiger partial charge in [0.2, 0.25) is 0 Å². The second kappa shape index (κ2) is 6.52. The number of thiophene rings is 1. The van der Waals surface area contributed by atoms with Gasteiger partial charge in [0.05, 0.1) is 10.4 Å². The maximum absolute atomic E-state index is 6.09. The molecule has 0 aliphatic heterocycles. The first-order valence-corrected chi connectivity index (χ1v) is 9.73. The van der Waals surface area contributed by atoms with Gasteiger partial charge in [-0.2, -0.15) is 0 Å². The minimum atomic E-state index is 0.634. The zero-order chi connectivity index (χ0) is 15.6. The van der Waals surface area contributed by atoms with E-state index >= 15 is 0 Å². The van der Waals surface area contributed by atoms with E-state index in [1.807, 2.05) is 41.8 Å². The predicted molar refractivity (Wildman–Crippen MR) is 97.3 cm³/mol. The first-order valence-electron chi connectivity index (χ1n) is 6.71. The van der Waals surface area contributed by atoms with Gasteiger partial charge in [0.15, 0.2) is 5.82 Å². The van der Waals surface area contributed by atoms with Gasteiger partial charge in [-0.3, -0.25) is 0 Å². The summed E-state index contributed by atoms with van der Waals surface area (Å²) >= 11 is 10.5. The van der Waals surface area contributed by atoms with Crippen molar-refractivity contribution < 1.29 is 0 Å². The summed E-state index contributed by atoms with van der Waals surface area (Å²) < 4.78 is 4.50. The first kappa shape index (κ1) is 15.0. The zero-order valence-corrected chi connectivity index (χ0v) is 14.8. The molecule has 4 aromatic rings. The van der Waals surface area contributed by atoms with Crippen LogP contribution in [0, 0.1) is 0 Å². The average molecular weight is 377 g/mol. The molecule has 4 nitrogen and oxygen atoms in total. The Bertz CT molecular complexity index is 952. The normalized spacial score (nSPS) is 11.2. The van der Waals surface area contributed by atoms with Gasteiger partial charge >= 0.3 is 0 Å². The third-order valence-corrected chi connectivity index (χ3v) is 6.02. The minimum Gasteiger partial charge on any atom is -0.227 e. The highest BCUT2D eigenvalue weighted by atomic mass is 35.5. The molecule has 0 bridgehead atoms. The van der Waals surface area contributed by atoms with Crippen molar-refractivity contribution in [2.24, 2.45) is 0 Å². The number of halogens is 1. The Balaban J connectivity index is 1.76. The van der Waals surface area contributed by atoms with Crippen LogP contribution >= 0.6 is 46.2 Å². The number of aromatic nitrogens is 4. The van der Waals surface area contributed by atoms with Crippen molar-refractivity contribution in [1.29, 1.82) is 0 Å². The second-order valence-corrected chi connectivity index (χ2v) is 7.90. The molecular weight excluding hydrogens is 368 g/mol. The summed E-state index contributed by atoms with van der Waals surface area (Å²) in [6.45, 7) is 0. The summed E-state index contributed by atoms with van der Waals surface area (Å²) in [5, 5.41) is 8.06. The Kier molecular flexibility index (Phi) is 4.26. The molecule has 0 saturated carbocycles. The van der Waals surface area contributed by atoms with E-state index in [4.69, 9.17) is 16.6 Å². The summed E-state index contributed by atoms with van der Waals surface area (Å²) in [7, 11) is 0. The van der Waals surface area contributed by atoms with Crippen molar-refractivity contribution in [2.75, 3.05) is 0 Å². The molecular formula is C15H9ClN4S3. The SMILES string of the molecule is Clc1snnc1CSc1nc(-c2cccs2)nc2ccccc12. The molecule has 0 fully saturated rings. The van der Waals surface area contributed by atoms with E-state index in [9.17, 15) is 0 Å². The van der Waals surface area contributed by atoms with Gasteiger partial charge in [-0.1, -0.05) is 52.1 Å². The Labute approximate surface area is 149 Å². The third kappa shape index (κ3) is 3.10. The molecule has 3 heterocycles. The molecule has 0 N–H and O–H groups in total. The summed E-state index contributed by atoms with van der Waals surface area (Å²) in [5.41, 5.74) is 1.73. The Morgan fingerprint density at radius 3 is 2.78 bits per heavy atom. The predicted octanol–water partition coefficient (Wildman–Crippen LogP) is 5.16. The van der Waals surface area contributed by atoms with Crippen LogP contribution < -0.4 is 0 Å². The quantitative estimate of drug-likeness (QED) is 0.364. The lowest BCUT2D eigenvalue weighted by atomic mass is 10.2. The highest BCUT2D eigenvalue weighted by Crippen LogP contribution is 2.32. The average Bonchev–Trinajstić information content (AvgIpc) is 3.24. The maximum Gasteiger partial charge on any atom is 0.171 e. The number of hydrogen-bond acceptors (Lipinski definition) is 7. The monoisotopic (exact) mass is 376 g/mol. The van der Waals surface area contributed by atoms with Crippen molar-refractivity contribution >= 4 is 57.1 Å².